The molecule has 2 aromatic carbocycles. The third-order valence-electron chi connectivity index (χ3n) is 5.53. The second kappa shape index (κ2) is 6.10. The first-order valence-electron chi connectivity index (χ1n) is 9.17. The van der Waals surface area contributed by atoms with E-state index in [2.05, 4.69) is 5.32 Å². The van der Waals surface area contributed by atoms with E-state index >= 15 is 0 Å². The minimum Gasteiger partial charge on any atom is -0.465 e. The summed E-state index contributed by atoms with van der Waals surface area (Å²) in [4.78, 5) is 32.5. The molecule has 0 saturated carbocycles. The number of hydrogen-bond acceptors (Lipinski definition) is 5. The van der Waals surface area contributed by atoms with Crippen LogP contribution in [0.5, 0.6) is 5.75 Å². The normalized spacial score (nSPS) is 27.4. The van der Waals surface area contributed by atoms with E-state index in [0.717, 1.165) is 16.8 Å². The van der Waals surface area contributed by atoms with E-state index in [9.17, 15) is 9.59 Å². The van der Waals surface area contributed by atoms with Crippen LogP contribution in [0.25, 0.3) is 0 Å². The number of rotatable bonds is 2. The fraction of sp³-hybridized carbons (Fsp3) is 0.286. The standard InChI is InChI=1S/C21H19N3O3S/c1-12-7-3-5-9-14(12)22-19(26)17-18-13-8-4-6-10-15(13)27-21(17,2)23-20-24(18)16(25)11-28-20/h3-10,17-18H,11H2,1-2H3,(H,22,26)/t17-,18+,21+/m0/s1. The smallest absolute Gasteiger partial charge is 0.239 e. The van der Waals surface area contributed by atoms with Gasteiger partial charge >= 0.3 is 0 Å². The van der Waals surface area contributed by atoms with Crippen LogP contribution in [0.3, 0.4) is 0 Å². The molecule has 7 heteroatoms. The third-order valence-corrected chi connectivity index (χ3v) is 6.47. The Morgan fingerprint density at radius 3 is 2.82 bits per heavy atom. The van der Waals surface area contributed by atoms with Crippen LogP contribution in [0.15, 0.2) is 53.5 Å². The fourth-order valence-corrected chi connectivity index (χ4v) is 5.18. The Kier molecular flexibility index (Phi) is 3.77. The SMILES string of the molecule is Cc1ccccc1NC(=O)[C@@H]1[C@H]2c3ccccc3O[C@@]1(C)N=C1SCC(=O)N12. The quantitative estimate of drug-likeness (QED) is 0.850. The molecule has 0 unspecified atom stereocenters. The monoisotopic (exact) mass is 393 g/mol. The molecule has 0 radical (unpaired) electrons. The number of carbonyl (C=O) groups is 2. The molecule has 3 aliphatic rings. The van der Waals surface area contributed by atoms with Gasteiger partial charge in [-0.15, -0.1) is 0 Å². The van der Waals surface area contributed by atoms with Crippen molar-refractivity contribution in [2.75, 3.05) is 11.1 Å². The van der Waals surface area contributed by atoms with Gasteiger partial charge in [0.25, 0.3) is 0 Å². The van der Waals surface area contributed by atoms with Gasteiger partial charge in [-0.3, -0.25) is 14.5 Å². The second-order valence-electron chi connectivity index (χ2n) is 7.37. The summed E-state index contributed by atoms with van der Waals surface area (Å²) in [5.41, 5.74) is 1.49. The van der Waals surface area contributed by atoms with Crippen LogP contribution >= 0.6 is 11.8 Å². The highest BCUT2D eigenvalue weighted by Gasteiger charge is 2.59. The summed E-state index contributed by atoms with van der Waals surface area (Å²) >= 11 is 1.40. The first-order valence-corrected chi connectivity index (χ1v) is 10.2. The molecule has 3 atom stereocenters. The average Bonchev–Trinajstić information content (AvgIpc) is 3.02. The zero-order chi connectivity index (χ0) is 19.5. The number of para-hydroxylation sites is 2. The number of aliphatic imine (C=N–C) groups is 1. The Bertz CT molecular complexity index is 1040. The molecule has 1 N–H and O–H groups in total. The Balaban J connectivity index is 1.62. The Morgan fingerprint density at radius 1 is 1.25 bits per heavy atom. The largest absolute Gasteiger partial charge is 0.465 e. The average molecular weight is 393 g/mol. The first-order chi connectivity index (χ1) is 13.5. The summed E-state index contributed by atoms with van der Waals surface area (Å²) in [6.07, 6.45) is 0. The zero-order valence-corrected chi connectivity index (χ0v) is 16.3. The van der Waals surface area contributed by atoms with Gasteiger partial charge < -0.3 is 10.1 Å². The predicted molar refractivity (Wildman–Crippen MR) is 108 cm³/mol. The van der Waals surface area contributed by atoms with Gasteiger partial charge in [-0.1, -0.05) is 48.2 Å². The van der Waals surface area contributed by atoms with Crippen LogP contribution in [-0.2, 0) is 9.59 Å². The molecule has 2 amide bonds. The summed E-state index contributed by atoms with van der Waals surface area (Å²) < 4.78 is 6.24. The number of benzene rings is 2. The number of ether oxygens (including phenoxy) is 1. The van der Waals surface area contributed by atoms with Crippen LogP contribution in [0.1, 0.15) is 24.1 Å². The van der Waals surface area contributed by atoms with Crippen molar-refractivity contribution in [1.82, 2.24) is 4.90 Å². The molecular formula is C21H19N3O3S. The maximum atomic E-state index is 13.4. The molecule has 2 aromatic rings. The van der Waals surface area contributed by atoms with Crippen molar-refractivity contribution >= 4 is 34.4 Å². The van der Waals surface area contributed by atoms with Crippen molar-refractivity contribution in [2.24, 2.45) is 10.9 Å². The van der Waals surface area contributed by atoms with Crippen molar-refractivity contribution < 1.29 is 14.3 Å². The summed E-state index contributed by atoms with van der Waals surface area (Å²) in [5, 5.41) is 3.66. The summed E-state index contributed by atoms with van der Waals surface area (Å²) in [5.74, 6) is 0.112. The summed E-state index contributed by atoms with van der Waals surface area (Å²) in [6, 6.07) is 14.8. The minimum absolute atomic E-state index is 0.0267. The van der Waals surface area contributed by atoms with Gasteiger partial charge in [-0.2, -0.15) is 0 Å². The molecule has 6 nitrogen and oxygen atoms in total. The van der Waals surface area contributed by atoms with Gasteiger partial charge in [0.1, 0.15) is 11.7 Å². The highest BCUT2D eigenvalue weighted by molar-refractivity contribution is 8.15. The van der Waals surface area contributed by atoms with Gasteiger partial charge in [0.05, 0.1) is 11.8 Å². The van der Waals surface area contributed by atoms with E-state index in [0.29, 0.717) is 16.7 Å². The molecule has 0 aromatic heterocycles. The molecule has 2 bridgehead atoms. The van der Waals surface area contributed by atoms with Crippen LogP contribution < -0.4 is 10.1 Å². The number of fused-ring (bicyclic) bond motifs is 6. The van der Waals surface area contributed by atoms with E-state index in [1.54, 1.807) is 4.90 Å². The summed E-state index contributed by atoms with van der Waals surface area (Å²) in [7, 11) is 0. The molecule has 5 rings (SSSR count). The van der Waals surface area contributed by atoms with Gasteiger partial charge in [-0.25, -0.2) is 4.99 Å². The van der Waals surface area contributed by atoms with Gasteiger partial charge in [0.2, 0.25) is 17.5 Å². The van der Waals surface area contributed by atoms with Crippen molar-refractivity contribution in [2.45, 2.75) is 25.6 Å². The number of carbonyl (C=O) groups excluding carboxylic acids is 2. The molecule has 3 aliphatic heterocycles. The number of hydrogen-bond donors (Lipinski definition) is 1. The number of thioether (sulfide) groups is 1. The lowest BCUT2D eigenvalue weighted by Crippen LogP contribution is -2.59. The molecule has 1 fully saturated rings. The van der Waals surface area contributed by atoms with Crippen molar-refractivity contribution in [3.05, 3.63) is 59.7 Å². The molecule has 3 heterocycles. The highest BCUT2D eigenvalue weighted by Crippen LogP contribution is 2.52. The van der Waals surface area contributed by atoms with Crippen LogP contribution in [0.4, 0.5) is 5.69 Å². The first kappa shape index (κ1) is 17.3. The minimum atomic E-state index is -1.07. The second-order valence-corrected chi connectivity index (χ2v) is 8.31. The molecule has 142 valence electrons. The van der Waals surface area contributed by atoms with E-state index in [4.69, 9.17) is 9.73 Å². The molecular weight excluding hydrogens is 374 g/mol. The predicted octanol–water partition coefficient (Wildman–Crippen LogP) is 3.34. The van der Waals surface area contributed by atoms with E-state index in [1.807, 2.05) is 62.4 Å². The molecule has 0 spiro atoms. The number of anilines is 1. The van der Waals surface area contributed by atoms with E-state index in [1.165, 1.54) is 11.8 Å². The van der Waals surface area contributed by atoms with Crippen molar-refractivity contribution in [1.29, 1.82) is 0 Å². The lowest BCUT2D eigenvalue weighted by Gasteiger charge is -2.49. The van der Waals surface area contributed by atoms with Crippen LogP contribution in [-0.4, -0.2) is 33.4 Å². The number of aryl methyl sites for hydroxylation is 1. The number of nitrogens with zero attached hydrogens (tertiary/aromatic N) is 2. The number of amidine groups is 1. The summed E-state index contributed by atoms with van der Waals surface area (Å²) in [6.45, 7) is 3.77. The topological polar surface area (TPSA) is 71.0 Å². The highest BCUT2D eigenvalue weighted by atomic mass is 32.2. The van der Waals surface area contributed by atoms with Gasteiger partial charge in [0, 0.05) is 11.3 Å². The maximum absolute atomic E-state index is 13.4. The van der Waals surface area contributed by atoms with E-state index < -0.39 is 17.7 Å². The van der Waals surface area contributed by atoms with Crippen LogP contribution in [0, 0.1) is 12.8 Å². The molecule has 28 heavy (non-hydrogen) atoms. The van der Waals surface area contributed by atoms with Crippen molar-refractivity contribution in [3.63, 3.8) is 0 Å². The Hall–Kier alpha value is -2.80. The Morgan fingerprint density at radius 2 is 2.00 bits per heavy atom. The third kappa shape index (κ3) is 2.46. The fourth-order valence-electron chi connectivity index (χ4n) is 4.19. The van der Waals surface area contributed by atoms with Crippen molar-refractivity contribution in [3.8, 4) is 5.75 Å². The zero-order valence-electron chi connectivity index (χ0n) is 15.5. The Labute approximate surface area is 167 Å². The lowest BCUT2D eigenvalue weighted by molar-refractivity contribution is -0.139. The lowest BCUT2D eigenvalue weighted by atomic mass is 9.79. The number of amides is 2. The van der Waals surface area contributed by atoms with Gasteiger partial charge in [-0.05, 0) is 31.5 Å². The number of nitrogens with one attached hydrogen (secondary N) is 1. The van der Waals surface area contributed by atoms with Crippen LogP contribution in [0.2, 0.25) is 0 Å². The molecule has 1 saturated heterocycles. The van der Waals surface area contributed by atoms with Gasteiger partial charge in [0.15, 0.2) is 5.17 Å². The van der Waals surface area contributed by atoms with E-state index in [-0.39, 0.29) is 11.8 Å². The maximum Gasteiger partial charge on any atom is 0.239 e. The molecule has 0 aliphatic carbocycles.